The van der Waals surface area contributed by atoms with Crippen LogP contribution >= 0.6 is 0 Å². The van der Waals surface area contributed by atoms with Gasteiger partial charge in [0.05, 0.1) is 12.3 Å². The molecular weight excluding hydrogens is 252 g/mol. The number of piperidine rings is 1. The van der Waals surface area contributed by atoms with Gasteiger partial charge in [-0.3, -0.25) is 0 Å². The third-order valence-corrected chi connectivity index (χ3v) is 3.78. The molecule has 0 amide bonds. The molecule has 1 fully saturated rings. The fraction of sp³-hybridized carbons (Fsp3) is 0.667. The summed E-state index contributed by atoms with van der Waals surface area (Å²) in [5, 5.41) is 3.34. The summed E-state index contributed by atoms with van der Waals surface area (Å²) in [5.41, 5.74) is 6.40. The Morgan fingerprint density at radius 2 is 2.15 bits per heavy atom. The first-order chi connectivity index (χ1) is 9.69. The van der Waals surface area contributed by atoms with Gasteiger partial charge >= 0.3 is 0 Å². The number of anilines is 2. The van der Waals surface area contributed by atoms with Gasteiger partial charge in [-0.15, -0.1) is 0 Å². The highest BCUT2D eigenvalue weighted by Gasteiger charge is 2.14. The third-order valence-electron chi connectivity index (χ3n) is 3.78. The Morgan fingerprint density at radius 3 is 2.85 bits per heavy atom. The first-order valence-corrected chi connectivity index (χ1v) is 7.54. The van der Waals surface area contributed by atoms with Gasteiger partial charge in [-0.1, -0.05) is 6.92 Å². The van der Waals surface area contributed by atoms with Gasteiger partial charge in [-0.05, 0) is 50.9 Å². The minimum absolute atomic E-state index is 0.518. The SMILES string of the molecule is CCOc1nc(NCCN2CCC(C)CC2)ccc1N. The Kier molecular flexibility index (Phi) is 5.47. The second-order valence-electron chi connectivity index (χ2n) is 5.47. The molecule has 0 spiro atoms. The monoisotopic (exact) mass is 278 g/mol. The average molecular weight is 278 g/mol. The Hall–Kier alpha value is -1.49. The van der Waals surface area contributed by atoms with Gasteiger partial charge in [0.15, 0.2) is 0 Å². The summed E-state index contributed by atoms with van der Waals surface area (Å²) >= 11 is 0. The normalized spacial score (nSPS) is 17.1. The van der Waals surface area contributed by atoms with E-state index in [1.54, 1.807) is 0 Å². The number of ether oxygens (including phenoxy) is 1. The van der Waals surface area contributed by atoms with Crippen LogP contribution in [0.5, 0.6) is 5.88 Å². The summed E-state index contributed by atoms with van der Waals surface area (Å²) in [6.45, 7) is 9.22. The first kappa shape index (κ1) is 14.9. The first-order valence-electron chi connectivity index (χ1n) is 7.54. The van der Waals surface area contributed by atoms with Gasteiger partial charge in [0.25, 0.3) is 0 Å². The van der Waals surface area contributed by atoms with E-state index < -0.39 is 0 Å². The summed E-state index contributed by atoms with van der Waals surface area (Å²) < 4.78 is 5.40. The van der Waals surface area contributed by atoms with Gasteiger partial charge in [0.2, 0.25) is 5.88 Å². The number of aromatic nitrogens is 1. The van der Waals surface area contributed by atoms with Crippen LogP contribution in [0.25, 0.3) is 0 Å². The number of nitrogen functional groups attached to an aromatic ring is 1. The van der Waals surface area contributed by atoms with Gasteiger partial charge in [-0.25, -0.2) is 0 Å². The molecule has 1 aromatic rings. The molecule has 2 heterocycles. The van der Waals surface area contributed by atoms with Crippen LogP contribution in [0.1, 0.15) is 26.7 Å². The fourth-order valence-electron chi connectivity index (χ4n) is 2.43. The molecule has 0 atom stereocenters. The predicted molar refractivity (Wildman–Crippen MR) is 83.1 cm³/mol. The molecule has 5 nitrogen and oxygen atoms in total. The number of rotatable bonds is 6. The van der Waals surface area contributed by atoms with Gasteiger partial charge in [0.1, 0.15) is 5.82 Å². The molecule has 1 aromatic heterocycles. The van der Waals surface area contributed by atoms with E-state index in [1.807, 2.05) is 19.1 Å². The number of nitrogens with one attached hydrogen (secondary N) is 1. The zero-order valence-electron chi connectivity index (χ0n) is 12.6. The lowest BCUT2D eigenvalue weighted by molar-refractivity contribution is 0.199. The lowest BCUT2D eigenvalue weighted by atomic mass is 9.99. The van der Waals surface area contributed by atoms with Crippen LogP contribution in [0, 0.1) is 5.92 Å². The Labute approximate surface area is 121 Å². The molecule has 0 radical (unpaired) electrons. The average Bonchev–Trinajstić information content (AvgIpc) is 2.45. The molecule has 0 aromatic carbocycles. The Balaban J connectivity index is 1.77. The molecule has 2 rings (SSSR count). The summed E-state index contributed by atoms with van der Waals surface area (Å²) in [5.74, 6) is 2.23. The molecule has 112 valence electrons. The van der Waals surface area contributed by atoms with Gasteiger partial charge in [-0.2, -0.15) is 4.98 Å². The second-order valence-corrected chi connectivity index (χ2v) is 5.47. The molecule has 20 heavy (non-hydrogen) atoms. The molecule has 0 aliphatic carbocycles. The van der Waals surface area contributed by atoms with Crippen molar-refractivity contribution >= 4 is 11.5 Å². The van der Waals surface area contributed by atoms with Crippen molar-refractivity contribution in [2.24, 2.45) is 5.92 Å². The number of nitrogens with two attached hydrogens (primary N) is 1. The molecular formula is C15H26N4O. The van der Waals surface area contributed by atoms with E-state index in [4.69, 9.17) is 10.5 Å². The van der Waals surface area contributed by atoms with Crippen LogP contribution in [0.2, 0.25) is 0 Å². The minimum Gasteiger partial charge on any atom is -0.476 e. The van der Waals surface area contributed by atoms with Crippen molar-refractivity contribution < 1.29 is 4.74 Å². The lowest BCUT2D eigenvalue weighted by Crippen LogP contribution is -2.36. The van der Waals surface area contributed by atoms with E-state index in [0.717, 1.165) is 24.8 Å². The Morgan fingerprint density at radius 1 is 1.40 bits per heavy atom. The van der Waals surface area contributed by atoms with Crippen molar-refractivity contribution in [1.82, 2.24) is 9.88 Å². The molecule has 1 aliphatic rings. The maximum atomic E-state index is 5.81. The maximum Gasteiger partial charge on any atom is 0.239 e. The highest BCUT2D eigenvalue weighted by Crippen LogP contribution is 2.20. The van der Waals surface area contributed by atoms with E-state index in [9.17, 15) is 0 Å². The van der Waals surface area contributed by atoms with Gasteiger partial charge in [0, 0.05) is 13.1 Å². The number of hydrogen-bond donors (Lipinski definition) is 2. The van der Waals surface area contributed by atoms with Crippen LogP contribution in [0.3, 0.4) is 0 Å². The van der Waals surface area contributed by atoms with Crippen LogP contribution in [0.4, 0.5) is 11.5 Å². The van der Waals surface area contributed by atoms with Crippen LogP contribution in [0.15, 0.2) is 12.1 Å². The van der Waals surface area contributed by atoms with E-state index in [1.165, 1.54) is 25.9 Å². The number of pyridine rings is 1. The van der Waals surface area contributed by atoms with Crippen molar-refractivity contribution in [3.05, 3.63) is 12.1 Å². The van der Waals surface area contributed by atoms with Crippen molar-refractivity contribution in [2.75, 3.05) is 43.8 Å². The van der Waals surface area contributed by atoms with E-state index in [0.29, 0.717) is 18.2 Å². The highest BCUT2D eigenvalue weighted by atomic mass is 16.5. The van der Waals surface area contributed by atoms with Crippen LogP contribution in [-0.2, 0) is 0 Å². The molecule has 5 heteroatoms. The molecule has 0 unspecified atom stereocenters. The van der Waals surface area contributed by atoms with Crippen molar-refractivity contribution in [3.8, 4) is 5.88 Å². The van der Waals surface area contributed by atoms with Crippen LogP contribution in [-0.4, -0.2) is 42.7 Å². The smallest absolute Gasteiger partial charge is 0.239 e. The zero-order chi connectivity index (χ0) is 14.4. The van der Waals surface area contributed by atoms with E-state index >= 15 is 0 Å². The fourth-order valence-corrected chi connectivity index (χ4v) is 2.43. The molecule has 1 aliphatic heterocycles. The zero-order valence-corrected chi connectivity index (χ0v) is 12.6. The van der Waals surface area contributed by atoms with Crippen molar-refractivity contribution in [1.29, 1.82) is 0 Å². The topological polar surface area (TPSA) is 63.4 Å². The third kappa shape index (κ3) is 4.27. The predicted octanol–water partition coefficient (Wildman–Crippen LogP) is 2.21. The standard InChI is InChI=1S/C15H26N4O/c1-3-20-15-13(16)4-5-14(18-15)17-8-11-19-9-6-12(2)7-10-19/h4-5,12H,3,6-11,16H2,1-2H3,(H,17,18). The number of nitrogens with zero attached hydrogens (tertiary/aromatic N) is 2. The quantitative estimate of drug-likeness (QED) is 0.835. The lowest BCUT2D eigenvalue weighted by Gasteiger charge is -2.30. The molecule has 0 saturated carbocycles. The Bertz CT molecular complexity index is 416. The molecule has 1 saturated heterocycles. The number of hydrogen-bond acceptors (Lipinski definition) is 5. The van der Waals surface area contributed by atoms with Crippen molar-refractivity contribution in [3.63, 3.8) is 0 Å². The van der Waals surface area contributed by atoms with E-state index in [2.05, 4.69) is 22.1 Å². The van der Waals surface area contributed by atoms with E-state index in [-0.39, 0.29) is 0 Å². The molecule has 3 N–H and O–H groups in total. The van der Waals surface area contributed by atoms with Crippen molar-refractivity contribution in [2.45, 2.75) is 26.7 Å². The summed E-state index contributed by atoms with van der Waals surface area (Å²) in [6.07, 6.45) is 2.63. The highest BCUT2D eigenvalue weighted by molar-refractivity contribution is 5.53. The number of likely N-dealkylation sites (tertiary alicyclic amines) is 1. The van der Waals surface area contributed by atoms with Crippen LogP contribution < -0.4 is 15.8 Å². The minimum atomic E-state index is 0.518. The maximum absolute atomic E-state index is 5.81. The summed E-state index contributed by atoms with van der Waals surface area (Å²) in [7, 11) is 0. The van der Waals surface area contributed by atoms with Gasteiger partial charge < -0.3 is 20.7 Å². The molecule has 0 bridgehead atoms. The largest absolute Gasteiger partial charge is 0.476 e. The summed E-state index contributed by atoms with van der Waals surface area (Å²) in [6, 6.07) is 3.74. The summed E-state index contributed by atoms with van der Waals surface area (Å²) in [4.78, 5) is 6.89. The second kappa shape index (κ2) is 7.33.